The largest absolute Gasteiger partial charge is 0.519 e. The van der Waals surface area contributed by atoms with Gasteiger partial charge in [0, 0.05) is 6.42 Å². The van der Waals surface area contributed by atoms with Crippen LogP contribution in [0.1, 0.15) is 6.42 Å². The molecular formula is C9H6O10. The first-order valence-electron chi connectivity index (χ1n) is 5.21. The molecule has 0 aromatic heterocycles. The Morgan fingerprint density at radius 2 is 1.00 bits per heavy atom. The predicted molar refractivity (Wildman–Crippen MR) is 47.9 cm³/mol. The molecule has 3 rings (SSSR count). The fourth-order valence-electron chi connectivity index (χ4n) is 2.14. The molecule has 10 heteroatoms. The Bertz CT molecular complexity index is 428. The Morgan fingerprint density at radius 1 is 0.632 bits per heavy atom. The van der Waals surface area contributed by atoms with Gasteiger partial charge in [-0.15, -0.1) is 0 Å². The fraction of sp³-hybridized carbons (Fsp3) is 0.556. The Hall–Kier alpha value is -2.52. The van der Waals surface area contributed by atoms with Gasteiger partial charge < -0.3 is 28.4 Å². The smallest absolute Gasteiger partial charge is 0.426 e. The first-order chi connectivity index (χ1) is 9.02. The second kappa shape index (κ2) is 4.00. The summed E-state index contributed by atoms with van der Waals surface area (Å²) >= 11 is 0. The molecular weight excluding hydrogens is 268 g/mol. The van der Waals surface area contributed by atoms with Gasteiger partial charge in [0.05, 0.1) is 0 Å². The first-order valence-corrected chi connectivity index (χ1v) is 5.21. The second-order valence-corrected chi connectivity index (χ2v) is 3.92. The molecule has 2 aliphatic heterocycles. The van der Waals surface area contributed by atoms with E-state index in [2.05, 4.69) is 9.47 Å². The topological polar surface area (TPSA) is 124 Å². The Balaban J connectivity index is 1.86. The SMILES string of the molecule is O=C1OC(=O)OC2C(CC3OC(=O)OC(=O)OC32)O1. The molecule has 2 saturated heterocycles. The molecule has 0 bridgehead atoms. The van der Waals surface area contributed by atoms with Crippen molar-refractivity contribution < 1.29 is 47.6 Å². The summed E-state index contributed by atoms with van der Waals surface area (Å²) in [6.45, 7) is 0. The summed E-state index contributed by atoms with van der Waals surface area (Å²) in [7, 11) is 0. The molecule has 0 radical (unpaired) electrons. The summed E-state index contributed by atoms with van der Waals surface area (Å²) in [4.78, 5) is 44.3. The Kier molecular flexibility index (Phi) is 2.44. The van der Waals surface area contributed by atoms with Gasteiger partial charge in [-0.1, -0.05) is 0 Å². The molecule has 0 N–H and O–H groups in total. The molecule has 19 heavy (non-hydrogen) atoms. The molecule has 4 atom stereocenters. The lowest BCUT2D eigenvalue weighted by atomic mass is 10.2. The van der Waals surface area contributed by atoms with Gasteiger partial charge in [0.2, 0.25) is 0 Å². The van der Waals surface area contributed by atoms with E-state index in [0.717, 1.165) is 0 Å². The van der Waals surface area contributed by atoms with E-state index in [0.29, 0.717) is 0 Å². The summed E-state index contributed by atoms with van der Waals surface area (Å²) in [6.07, 6.45) is -9.17. The van der Waals surface area contributed by atoms with E-state index in [4.69, 9.17) is 18.9 Å². The zero-order chi connectivity index (χ0) is 13.6. The molecule has 0 spiro atoms. The fourth-order valence-corrected chi connectivity index (χ4v) is 2.14. The average Bonchev–Trinajstić information content (AvgIpc) is 2.44. The minimum Gasteiger partial charge on any atom is -0.426 e. The average molecular weight is 274 g/mol. The van der Waals surface area contributed by atoms with Crippen LogP contribution in [0.2, 0.25) is 0 Å². The van der Waals surface area contributed by atoms with Crippen LogP contribution in [-0.2, 0) is 28.4 Å². The number of fused-ring (bicyclic) bond motifs is 3. The summed E-state index contributed by atoms with van der Waals surface area (Å²) in [5.74, 6) is 0. The van der Waals surface area contributed by atoms with Gasteiger partial charge in [-0.25, -0.2) is 19.2 Å². The Labute approximate surface area is 104 Å². The van der Waals surface area contributed by atoms with Gasteiger partial charge in [0.15, 0.2) is 12.2 Å². The second-order valence-electron chi connectivity index (χ2n) is 3.92. The number of cyclic esters (lactones) is 4. The van der Waals surface area contributed by atoms with Crippen molar-refractivity contribution in [3.8, 4) is 0 Å². The molecule has 10 nitrogen and oxygen atoms in total. The lowest BCUT2D eigenvalue weighted by Gasteiger charge is -2.19. The maximum atomic E-state index is 11.1. The maximum Gasteiger partial charge on any atom is 0.519 e. The highest BCUT2D eigenvalue weighted by atomic mass is 16.9. The van der Waals surface area contributed by atoms with E-state index < -0.39 is 49.0 Å². The van der Waals surface area contributed by atoms with Crippen molar-refractivity contribution >= 4 is 24.6 Å². The van der Waals surface area contributed by atoms with E-state index >= 15 is 0 Å². The zero-order valence-electron chi connectivity index (χ0n) is 9.10. The molecule has 0 aromatic carbocycles. The highest BCUT2D eigenvalue weighted by Crippen LogP contribution is 2.34. The number of ether oxygens (including phenoxy) is 6. The van der Waals surface area contributed by atoms with Crippen LogP contribution in [-0.4, -0.2) is 49.0 Å². The van der Waals surface area contributed by atoms with E-state index in [1.54, 1.807) is 0 Å². The van der Waals surface area contributed by atoms with Crippen LogP contribution >= 0.6 is 0 Å². The minimum atomic E-state index is -1.29. The van der Waals surface area contributed by atoms with Crippen LogP contribution in [0.4, 0.5) is 19.2 Å². The third-order valence-electron chi connectivity index (χ3n) is 2.81. The number of rotatable bonds is 0. The maximum absolute atomic E-state index is 11.1. The van der Waals surface area contributed by atoms with Crippen LogP contribution in [0.15, 0.2) is 0 Å². The quantitative estimate of drug-likeness (QED) is 0.349. The van der Waals surface area contributed by atoms with Crippen molar-refractivity contribution in [2.24, 2.45) is 0 Å². The van der Waals surface area contributed by atoms with E-state index in [9.17, 15) is 19.2 Å². The summed E-state index contributed by atoms with van der Waals surface area (Å²) < 4.78 is 27.3. The number of hydrogen-bond donors (Lipinski definition) is 0. The van der Waals surface area contributed by atoms with Crippen LogP contribution in [0.3, 0.4) is 0 Å². The van der Waals surface area contributed by atoms with Gasteiger partial charge in [-0.05, 0) is 0 Å². The first kappa shape index (κ1) is 11.6. The third kappa shape index (κ3) is 2.00. The molecule has 102 valence electrons. The van der Waals surface area contributed by atoms with Crippen LogP contribution in [0.25, 0.3) is 0 Å². The lowest BCUT2D eigenvalue weighted by molar-refractivity contribution is -0.0476. The number of hydrogen-bond acceptors (Lipinski definition) is 10. The minimum absolute atomic E-state index is 0.0138. The molecule has 3 fully saturated rings. The van der Waals surface area contributed by atoms with Crippen LogP contribution in [0, 0.1) is 0 Å². The molecule has 0 aromatic rings. The van der Waals surface area contributed by atoms with Crippen molar-refractivity contribution in [1.29, 1.82) is 0 Å². The zero-order valence-corrected chi connectivity index (χ0v) is 9.10. The number of carbonyl (C=O) groups excluding carboxylic acids is 4. The molecule has 3 aliphatic rings. The Morgan fingerprint density at radius 3 is 1.42 bits per heavy atom. The highest BCUT2D eigenvalue weighted by Gasteiger charge is 2.56. The normalized spacial score (nSPS) is 37.1. The van der Waals surface area contributed by atoms with Gasteiger partial charge in [0.1, 0.15) is 12.2 Å². The van der Waals surface area contributed by atoms with Gasteiger partial charge in [0.25, 0.3) is 0 Å². The van der Waals surface area contributed by atoms with Crippen molar-refractivity contribution in [3.05, 3.63) is 0 Å². The van der Waals surface area contributed by atoms with Gasteiger partial charge >= 0.3 is 24.6 Å². The number of carbonyl (C=O) groups is 4. The van der Waals surface area contributed by atoms with Gasteiger partial charge in [-0.3, -0.25) is 0 Å². The standard InChI is InChI=1S/C9H6O10/c10-6-14-2-1-3-5(4(2)16-8(12)18-6)17-9(13)19-7(11)15-3/h2-5H,1H2. The van der Waals surface area contributed by atoms with Crippen molar-refractivity contribution in [3.63, 3.8) is 0 Å². The monoisotopic (exact) mass is 274 g/mol. The third-order valence-corrected chi connectivity index (χ3v) is 2.81. The van der Waals surface area contributed by atoms with E-state index in [-0.39, 0.29) is 6.42 Å². The van der Waals surface area contributed by atoms with Crippen LogP contribution < -0.4 is 0 Å². The highest BCUT2D eigenvalue weighted by molar-refractivity contribution is 5.79. The lowest BCUT2D eigenvalue weighted by Crippen LogP contribution is -2.39. The van der Waals surface area contributed by atoms with Crippen molar-refractivity contribution in [2.45, 2.75) is 30.8 Å². The molecule has 0 amide bonds. The van der Waals surface area contributed by atoms with E-state index in [1.807, 2.05) is 0 Å². The van der Waals surface area contributed by atoms with Gasteiger partial charge in [-0.2, -0.15) is 0 Å². The molecule has 2 heterocycles. The van der Waals surface area contributed by atoms with Crippen LogP contribution in [0.5, 0.6) is 0 Å². The molecule has 1 aliphatic carbocycles. The van der Waals surface area contributed by atoms with E-state index in [1.165, 1.54) is 0 Å². The van der Waals surface area contributed by atoms with Crippen molar-refractivity contribution in [2.75, 3.05) is 0 Å². The summed E-state index contributed by atoms with van der Waals surface area (Å²) in [6, 6.07) is 0. The molecule has 1 saturated carbocycles. The summed E-state index contributed by atoms with van der Waals surface area (Å²) in [5.41, 5.74) is 0. The van der Waals surface area contributed by atoms with Crippen molar-refractivity contribution in [1.82, 2.24) is 0 Å². The molecule has 4 unspecified atom stereocenters. The summed E-state index contributed by atoms with van der Waals surface area (Å²) in [5, 5.41) is 0. The predicted octanol–water partition coefficient (Wildman–Crippen LogP) is 0.471.